The van der Waals surface area contributed by atoms with Gasteiger partial charge < -0.3 is 19.0 Å². The van der Waals surface area contributed by atoms with Crippen molar-refractivity contribution in [3.63, 3.8) is 0 Å². The molecule has 0 saturated carbocycles. The monoisotopic (exact) mass is 331 g/mol. The zero-order chi connectivity index (χ0) is 16.1. The SMILES string of the molecule is COc1cc(/C=C/C(=O)O/N=C/c2cccs2)cc2c1OCO2. The van der Waals surface area contributed by atoms with E-state index in [0.29, 0.717) is 17.2 Å². The Morgan fingerprint density at radius 1 is 1.39 bits per heavy atom. The van der Waals surface area contributed by atoms with Gasteiger partial charge in [0.15, 0.2) is 11.5 Å². The highest BCUT2D eigenvalue weighted by atomic mass is 32.1. The largest absolute Gasteiger partial charge is 0.493 e. The highest BCUT2D eigenvalue weighted by Crippen LogP contribution is 2.42. The third-order valence-electron chi connectivity index (χ3n) is 2.96. The van der Waals surface area contributed by atoms with Crippen LogP contribution >= 0.6 is 11.3 Å². The molecule has 1 aromatic carbocycles. The smallest absolute Gasteiger partial charge is 0.358 e. The fourth-order valence-electron chi connectivity index (χ4n) is 1.94. The predicted molar refractivity (Wildman–Crippen MR) is 86.2 cm³/mol. The normalized spacial score (nSPS) is 12.9. The molecule has 0 atom stereocenters. The van der Waals surface area contributed by atoms with E-state index in [1.165, 1.54) is 23.6 Å². The maximum atomic E-state index is 11.6. The third kappa shape index (κ3) is 3.70. The number of ether oxygens (including phenoxy) is 3. The fraction of sp³-hybridized carbons (Fsp3) is 0.125. The van der Waals surface area contributed by atoms with Crippen LogP contribution in [0.1, 0.15) is 10.4 Å². The Morgan fingerprint density at radius 2 is 2.30 bits per heavy atom. The summed E-state index contributed by atoms with van der Waals surface area (Å²) in [6, 6.07) is 7.26. The number of hydrogen-bond donors (Lipinski definition) is 0. The summed E-state index contributed by atoms with van der Waals surface area (Å²) < 4.78 is 15.9. The van der Waals surface area contributed by atoms with Gasteiger partial charge in [0.25, 0.3) is 0 Å². The van der Waals surface area contributed by atoms with Crippen molar-refractivity contribution in [1.29, 1.82) is 0 Å². The number of benzene rings is 1. The predicted octanol–water partition coefficient (Wildman–Crippen LogP) is 3.08. The molecule has 0 amide bonds. The summed E-state index contributed by atoms with van der Waals surface area (Å²) in [4.78, 5) is 17.3. The number of methoxy groups -OCH3 is 1. The zero-order valence-corrected chi connectivity index (χ0v) is 13.0. The molecule has 7 heteroatoms. The summed E-state index contributed by atoms with van der Waals surface area (Å²) in [5.41, 5.74) is 0.727. The minimum atomic E-state index is -0.575. The summed E-state index contributed by atoms with van der Waals surface area (Å²) in [7, 11) is 1.54. The third-order valence-corrected chi connectivity index (χ3v) is 3.77. The van der Waals surface area contributed by atoms with Crippen LogP contribution in [0.4, 0.5) is 0 Å². The average molecular weight is 331 g/mol. The molecule has 6 nitrogen and oxygen atoms in total. The molecule has 0 aliphatic carbocycles. The van der Waals surface area contributed by atoms with E-state index in [1.54, 1.807) is 25.3 Å². The second-order valence-corrected chi connectivity index (χ2v) is 5.43. The summed E-state index contributed by atoms with van der Waals surface area (Å²) in [6.07, 6.45) is 4.36. The standard InChI is InChI=1S/C16H13NO5S/c1-19-13-7-11(8-14-16(13)21-10-20-14)4-5-15(18)22-17-9-12-3-2-6-23-12/h2-9H,10H2,1H3/b5-4+,17-9+. The number of carbonyl (C=O) groups excluding carboxylic acids is 1. The average Bonchev–Trinajstić information content (AvgIpc) is 3.23. The van der Waals surface area contributed by atoms with Crippen LogP contribution in [-0.2, 0) is 9.63 Å². The van der Waals surface area contributed by atoms with Gasteiger partial charge in [-0.05, 0) is 35.2 Å². The molecule has 2 heterocycles. The van der Waals surface area contributed by atoms with E-state index in [9.17, 15) is 4.79 Å². The van der Waals surface area contributed by atoms with Crippen molar-refractivity contribution in [2.45, 2.75) is 0 Å². The maximum absolute atomic E-state index is 11.6. The molecule has 0 N–H and O–H groups in total. The number of nitrogens with zero attached hydrogens (tertiary/aromatic N) is 1. The molecule has 23 heavy (non-hydrogen) atoms. The van der Waals surface area contributed by atoms with Crippen LogP contribution in [0.15, 0.2) is 40.9 Å². The van der Waals surface area contributed by atoms with E-state index in [4.69, 9.17) is 19.0 Å². The first-order chi connectivity index (χ1) is 11.3. The Kier molecular flexibility index (Phi) is 4.58. The molecule has 0 unspecified atom stereocenters. The van der Waals surface area contributed by atoms with Gasteiger partial charge in [-0.1, -0.05) is 11.2 Å². The fourth-order valence-corrected chi connectivity index (χ4v) is 2.51. The molecule has 1 aromatic heterocycles. The molecule has 2 aromatic rings. The van der Waals surface area contributed by atoms with E-state index in [0.717, 1.165) is 10.4 Å². The Balaban J connectivity index is 1.64. The summed E-state index contributed by atoms with van der Waals surface area (Å²) in [5.74, 6) is 1.11. The Morgan fingerprint density at radius 3 is 3.09 bits per heavy atom. The zero-order valence-electron chi connectivity index (χ0n) is 12.2. The Hall–Kier alpha value is -2.80. The number of rotatable bonds is 5. The first kappa shape index (κ1) is 15.1. The lowest BCUT2D eigenvalue weighted by atomic mass is 10.1. The molecular formula is C16H13NO5S. The first-order valence-corrected chi connectivity index (χ1v) is 7.58. The lowest BCUT2D eigenvalue weighted by molar-refractivity contribution is -0.137. The van der Waals surface area contributed by atoms with Crippen LogP contribution < -0.4 is 14.2 Å². The first-order valence-electron chi connectivity index (χ1n) is 6.70. The number of carbonyl (C=O) groups is 1. The molecule has 1 aliphatic rings. The quantitative estimate of drug-likeness (QED) is 0.364. The molecule has 1 aliphatic heterocycles. The van der Waals surface area contributed by atoms with Crippen LogP contribution in [0.5, 0.6) is 17.2 Å². The lowest BCUT2D eigenvalue weighted by Gasteiger charge is -2.05. The van der Waals surface area contributed by atoms with Gasteiger partial charge in [0.1, 0.15) is 0 Å². The minimum Gasteiger partial charge on any atom is -0.493 e. The van der Waals surface area contributed by atoms with Crippen LogP contribution in [0.25, 0.3) is 6.08 Å². The molecule has 0 fully saturated rings. The molecule has 0 spiro atoms. The molecule has 0 radical (unpaired) electrons. The van der Waals surface area contributed by atoms with Crippen LogP contribution in [-0.4, -0.2) is 26.1 Å². The van der Waals surface area contributed by atoms with Crippen LogP contribution in [0.3, 0.4) is 0 Å². The molecule has 118 valence electrons. The van der Waals surface area contributed by atoms with Crippen molar-refractivity contribution in [2.24, 2.45) is 5.16 Å². The number of oxime groups is 1. The van der Waals surface area contributed by atoms with Crippen molar-refractivity contribution in [1.82, 2.24) is 0 Å². The van der Waals surface area contributed by atoms with Crippen molar-refractivity contribution < 1.29 is 23.8 Å². The Labute approximate surface area is 136 Å². The van der Waals surface area contributed by atoms with E-state index >= 15 is 0 Å². The van der Waals surface area contributed by atoms with Gasteiger partial charge >= 0.3 is 5.97 Å². The van der Waals surface area contributed by atoms with Gasteiger partial charge in [-0.3, -0.25) is 0 Å². The van der Waals surface area contributed by atoms with Crippen molar-refractivity contribution in [2.75, 3.05) is 13.9 Å². The number of hydrogen-bond acceptors (Lipinski definition) is 7. The topological polar surface area (TPSA) is 66.4 Å². The highest BCUT2D eigenvalue weighted by molar-refractivity contribution is 7.11. The minimum absolute atomic E-state index is 0.151. The van der Waals surface area contributed by atoms with Crippen molar-refractivity contribution in [3.8, 4) is 17.2 Å². The van der Waals surface area contributed by atoms with Gasteiger partial charge in [-0.2, -0.15) is 0 Å². The lowest BCUT2D eigenvalue weighted by Crippen LogP contribution is -1.94. The van der Waals surface area contributed by atoms with Crippen molar-refractivity contribution >= 4 is 29.6 Å². The summed E-state index contributed by atoms with van der Waals surface area (Å²) >= 11 is 1.50. The van der Waals surface area contributed by atoms with Crippen molar-refractivity contribution in [3.05, 3.63) is 46.2 Å². The Bertz CT molecular complexity index is 752. The molecular weight excluding hydrogens is 318 g/mol. The van der Waals surface area contributed by atoms with E-state index in [-0.39, 0.29) is 6.79 Å². The van der Waals surface area contributed by atoms with Gasteiger partial charge in [-0.15, -0.1) is 11.3 Å². The second-order valence-electron chi connectivity index (χ2n) is 4.45. The molecule has 3 rings (SSSR count). The second kappa shape index (κ2) is 6.97. The molecule has 0 bridgehead atoms. The van der Waals surface area contributed by atoms with E-state index < -0.39 is 5.97 Å². The van der Waals surface area contributed by atoms with E-state index in [1.807, 2.05) is 17.5 Å². The highest BCUT2D eigenvalue weighted by Gasteiger charge is 2.19. The van der Waals surface area contributed by atoms with Gasteiger partial charge in [0, 0.05) is 11.0 Å². The number of thiophene rings is 1. The van der Waals surface area contributed by atoms with Crippen LogP contribution in [0, 0.1) is 0 Å². The molecule has 0 saturated heterocycles. The summed E-state index contributed by atoms with van der Waals surface area (Å²) in [5, 5.41) is 5.55. The van der Waals surface area contributed by atoms with Crippen LogP contribution in [0.2, 0.25) is 0 Å². The maximum Gasteiger partial charge on any atom is 0.358 e. The van der Waals surface area contributed by atoms with Gasteiger partial charge in [0.2, 0.25) is 12.5 Å². The van der Waals surface area contributed by atoms with Gasteiger partial charge in [0.05, 0.1) is 13.3 Å². The van der Waals surface area contributed by atoms with Gasteiger partial charge in [-0.25, -0.2) is 4.79 Å². The summed E-state index contributed by atoms with van der Waals surface area (Å²) in [6.45, 7) is 0.151. The van der Waals surface area contributed by atoms with E-state index in [2.05, 4.69) is 5.16 Å². The number of fused-ring (bicyclic) bond motifs is 1.